The van der Waals surface area contributed by atoms with Crippen molar-refractivity contribution in [3.05, 3.63) is 27.0 Å². The fourth-order valence-electron chi connectivity index (χ4n) is 1.35. The lowest BCUT2D eigenvalue weighted by Gasteiger charge is -2.07. The van der Waals surface area contributed by atoms with Crippen molar-refractivity contribution in [2.45, 2.75) is 27.7 Å². The Balaban J connectivity index is 3.00. The third-order valence-corrected chi connectivity index (χ3v) is 3.95. The van der Waals surface area contributed by atoms with E-state index >= 15 is 0 Å². The molecule has 78 valence electrons. The van der Waals surface area contributed by atoms with Crippen LogP contribution in [-0.2, 0) is 0 Å². The van der Waals surface area contributed by atoms with Gasteiger partial charge in [-0.1, -0.05) is 41.4 Å². The van der Waals surface area contributed by atoms with Gasteiger partial charge in [0.25, 0.3) is 0 Å². The average molecular weight is 273 g/mol. The van der Waals surface area contributed by atoms with Crippen LogP contribution in [0.2, 0.25) is 0 Å². The fraction of sp³-hybridized carbons (Fsp3) is 0.500. The number of alkyl halides is 1. The first-order valence-corrected chi connectivity index (χ1v) is 6.82. The van der Waals surface area contributed by atoms with Crippen molar-refractivity contribution in [2.24, 2.45) is 5.92 Å². The number of halogens is 1. The third kappa shape index (κ3) is 2.96. The van der Waals surface area contributed by atoms with Crippen molar-refractivity contribution in [1.82, 2.24) is 0 Å². The highest BCUT2D eigenvalue weighted by Crippen LogP contribution is 2.25. The van der Waals surface area contributed by atoms with Gasteiger partial charge < -0.3 is 0 Å². The predicted octanol–water partition coefficient (Wildman–Crippen LogP) is 4.80. The van der Waals surface area contributed by atoms with Crippen LogP contribution in [0.5, 0.6) is 0 Å². The zero-order valence-electron chi connectivity index (χ0n) is 9.23. The lowest BCUT2D eigenvalue weighted by Crippen LogP contribution is -1.94. The molecule has 0 aliphatic heterocycles. The molecule has 0 fully saturated rings. The normalized spacial score (nSPS) is 12.6. The van der Waals surface area contributed by atoms with Crippen LogP contribution in [-0.4, -0.2) is 5.33 Å². The lowest BCUT2D eigenvalue weighted by atomic mass is 10.0. The molecule has 2 heteroatoms. The second kappa shape index (κ2) is 5.13. The minimum atomic E-state index is 0.619. The van der Waals surface area contributed by atoms with E-state index in [1.165, 1.54) is 20.9 Å². The van der Waals surface area contributed by atoms with E-state index in [9.17, 15) is 0 Å². The lowest BCUT2D eigenvalue weighted by molar-refractivity contribution is 0.781. The van der Waals surface area contributed by atoms with Gasteiger partial charge in [-0.15, -0.1) is 11.3 Å². The third-order valence-electron chi connectivity index (χ3n) is 2.32. The summed E-state index contributed by atoms with van der Waals surface area (Å²) in [4.78, 5) is 2.81. The number of aryl methyl sites for hydroxylation is 2. The van der Waals surface area contributed by atoms with Gasteiger partial charge in [-0.2, -0.15) is 0 Å². The maximum Gasteiger partial charge on any atom is 0.0247 e. The highest BCUT2D eigenvalue weighted by atomic mass is 79.9. The minimum Gasteiger partial charge on any atom is -0.145 e. The van der Waals surface area contributed by atoms with Crippen molar-refractivity contribution < 1.29 is 0 Å². The predicted molar refractivity (Wildman–Crippen MR) is 70.4 cm³/mol. The summed E-state index contributed by atoms with van der Waals surface area (Å²) < 4.78 is 0. The van der Waals surface area contributed by atoms with E-state index in [1.807, 2.05) is 11.3 Å². The van der Waals surface area contributed by atoms with Crippen LogP contribution in [0, 0.1) is 19.8 Å². The molecule has 1 rings (SSSR count). The number of thiophene rings is 1. The molecule has 0 radical (unpaired) electrons. The molecular formula is C12H17BrS. The second-order valence-electron chi connectivity index (χ2n) is 3.88. The zero-order chi connectivity index (χ0) is 10.7. The Morgan fingerprint density at radius 1 is 1.50 bits per heavy atom. The first-order valence-electron chi connectivity index (χ1n) is 4.88. The van der Waals surface area contributed by atoms with Crippen LogP contribution in [0.25, 0.3) is 6.08 Å². The van der Waals surface area contributed by atoms with Crippen LogP contribution >= 0.6 is 27.3 Å². The first kappa shape index (κ1) is 12.0. The monoisotopic (exact) mass is 272 g/mol. The molecule has 0 saturated carbocycles. The molecule has 0 bridgehead atoms. The number of allylic oxidation sites excluding steroid dienone is 1. The second-order valence-corrected chi connectivity index (χ2v) is 5.90. The Kier molecular flexibility index (Phi) is 4.39. The molecule has 0 aromatic carbocycles. The van der Waals surface area contributed by atoms with E-state index in [-0.39, 0.29) is 0 Å². The van der Waals surface area contributed by atoms with Gasteiger partial charge in [0.1, 0.15) is 0 Å². The summed E-state index contributed by atoms with van der Waals surface area (Å²) in [7, 11) is 0. The molecule has 0 spiro atoms. The number of rotatable bonds is 3. The van der Waals surface area contributed by atoms with E-state index < -0.39 is 0 Å². The Bertz CT molecular complexity index is 334. The summed E-state index contributed by atoms with van der Waals surface area (Å²) in [5.74, 6) is 0.619. The van der Waals surface area contributed by atoms with Crippen molar-refractivity contribution in [3.8, 4) is 0 Å². The molecule has 0 aliphatic rings. The van der Waals surface area contributed by atoms with E-state index in [0.29, 0.717) is 5.92 Å². The van der Waals surface area contributed by atoms with Gasteiger partial charge >= 0.3 is 0 Å². The van der Waals surface area contributed by atoms with Crippen LogP contribution in [0.15, 0.2) is 11.6 Å². The van der Waals surface area contributed by atoms with E-state index in [4.69, 9.17) is 0 Å². The SMILES string of the molecule is Cc1cc(C=C(CBr)C(C)C)c(C)s1. The summed E-state index contributed by atoms with van der Waals surface area (Å²) in [5, 5.41) is 0.971. The van der Waals surface area contributed by atoms with Crippen molar-refractivity contribution >= 4 is 33.3 Å². The molecule has 0 amide bonds. The summed E-state index contributed by atoms with van der Waals surface area (Å²) in [6, 6.07) is 2.27. The van der Waals surface area contributed by atoms with Crippen LogP contribution in [0.3, 0.4) is 0 Å². The molecule has 0 nitrogen and oxygen atoms in total. The van der Waals surface area contributed by atoms with Gasteiger partial charge in [0.15, 0.2) is 0 Å². The summed E-state index contributed by atoms with van der Waals surface area (Å²) in [6.07, 6.45) is 2.32. The minimum absolute atomic E-state index is 0.619. The molecule has 0 N–H and O–H groups in total. The zero-order valence-corrected chi connectivity index (χ0v) is 11.6. The molecule has 1 aromatic rings. The van der Waals surface area contributed by atoms with Crippen LogP contribution in [0.1, 0.15) is 29.2 Å². The maximum atomic E-state index is 3.54. The molecule has 1 aromatic heterocycles. The summed E-state index contributed by atoms with van der Waals surface area (Å²) >= 11 is 5.41. The molecule has 0 saturated heterocycles. The number of hydrogen-bond donors (Lipinski definition) is 0. The smallest absolute Gasteiger partial charge is 0.0247 e. The quantitative estimate of drug-likeness (QED) is 0.694. The van der Waals surface area contributed by atoms with E-state index in [0.717, 1.165) is 5.33 Å². The van der Waals surface area contributed by atoms with Crippen molar-refractivity contribution in [1.29, 1.82) is 0 Å². The van der Waals surface area contributed by atoms with Gasteiger partial charge in [-0.3, -0.25) is 0 Å². The van der Waals surface area contributed by atoms with Crippen molar-refractivity contribution in [2.75, 3.05) is 5.33 Å². The Morgan fingerprint density at radius 2 is 2.14 bits per heavy atom. The number of hydrogen-bond acceptors (Lipinski definition) is 1. The molecule has 0 atom stereocenters. The van der Waals surface area contributed by atoms with Crippen LogP contribution in [0.4, 0.5) is 0 Å². The van der Waals surface area contributed by atoms with Gasteiger partial charge in [-0.05, 0) is 31.4 Å². The topological polar surface area (TPSA) is 0 Å². The largest absolute Gasteiger partial charge is 0.145 e. The summed E-state index contributed by atoms with van der Waals surface area (Å²) in [6.45, 7) is 8.83. The molecule has 1 heterocycles. The Morgan fingerprint density at radius 3 is 2.50 bits per heavy atom. The van der Waals surface area contributed by atoms with Gasteiger partial charge in [0, 0.05) is 15.1 Å². The molecular weight excluding hydrogens is 256 g/mol. The molecule has 0 aliphatic carbocycles. The molecule has 14 heavy (non-hydrogen) atoms. The van der Waals surface area contributed by atoms with Gasteiger partial charge in [0.05, 0.1) is 0 Å². The van der Waals surface area contributed by atoms with Gasteiger partial charge in [0.2, 0.25) is 0 Å². The van der Waals surface area contributed by atoms with Crippen LogP contribution < -0.4 is 0 Å². The highest BCUT2D eigenvalue weighted by molar-refractivity contribution is 9.09. The average Bonchev–Trinajstić information content (AvgIpc) is 2.40. The van der Waals surface area contributed by atoms with Crippen molar-refractivity contribution in [3.63, 3.8) is 0 Å². The van der Waals surface area contributed by atoms with Gasteiger partial charge in [-0.25, -0.2) is 0 Å². The maximum absolute atomic E-state index is 3.54. The van der Waals surface area contributed by atoms with E-state index in [2.05, 4.69) is 55.8 Å². The fourth-order valence-corrected chi connectivity index (χ4v) is 3.07. The highest BCUT2D eigenvalue weighted by Gasteiger charge is 2.04. The first-order chi connectivity index (χ1) is 6.54. The Labute approximate surface area is 99.2 Å². The van der Waals surface area contributed by atoms with E-state index in [1.54, 1.807) is 0 Å². The standard InChI is InChI=1S/C12H17BrS/c1-8(2)12(7-13)6-11-5-9(3)14-10(11)4/h5-6,8H,7H2,1-4H3. The summed E-state index contributed by atoms with van der Waals surface area (Å²) in [5.41, 5.74) is 2.85. The molecule has 0 unspecified atom stereocenters. The Hall–Kier alpha value is -0.0800.